The van der Waals surface area contributed by atoms with Gasteiger partial charge in [-0.15, -0.1) is 0 Å². The van der Waals surface area contributed by atoms with Crippen LogP contribution in [-0.4, -0.2) is 39.6 Å². The molecule has 0 bridgehead atoms. The largest absolute Gasteiger partial charge is 0.508 e. The van der Waals surface area contributed by atoms with Gasteiger partial charge >= 0.3 is 5.97 Å². The number of likely N-dealkylation sites (tertiary alicyclic amines) is 1. The zero-order chi connectivity index (χ0) is 19.0. The number of fused-ring (bicyclic) bond motifs is 1. The highest BCUT2D eigenvalue weighted by Crippen LogP contribution is 2.28. The Bertz CT molecular complexity index is 1030. The van der Waals surface area contributed by atoms with E-state index >= 15 is 0 Å². The van der Waals surface area contributed by atoms with Crippen molar-refractivity contribution in [2.24, 2.45) is 0 Å². The molecule has 1 unspecified atom stereocenters. The molecule has 0 aliphatic carbocycles. The third-order valence-electron chi connectivity index (χ3n) is 5.09. The summed E-state index contributed by atoms with van der Waals surface area (Å²) in [6.07, 6.45) is 1.22. The van der Waals surface area contributed by atoms with Crippen LogP contribution in [0, 0.1) is 0 Å². The fourth-order valence-corrected chi connectivity index (χ4v) is 3.65. The fraction of sp³-hybridized carbons (Fsp3) is 0.182. The number of hydrogen-bond donors (Lipinski definition) is 2. The molecule has 1 atom stereocenters. The summed E-state index contributed by atoms with van der Waals surface area (Å²) in [5.74, 6) is -0.967. The number of carboxylic acids is 1. The predicted molar refractivity (Wildman–Crippen MR) is 103 cm³/mol. The highest BCUT2D eigenvalue weighted by Gasteiger charge is 2.34. The van der Waals surface area contributed by atoms with Crippen LogP contribution in [0.25, 0.3) is 21.9 Å². The second-order valence-electron chi connectivity index (χ2n) is 6.82. The first-order chi connectivity index (χ1) is 13.0. The van der Waals surface area contributed by atoms with E-state index in [0.29, 0.717) is 24.9 Å². The highest BCUT2D eigenvalue weighted by molar-refractivity contribution is 5.97. The van der Waals surface area contributed by atoms with E-state index in [1.807, 2.05) is 36.4 Å². The van der Waals surface area contributed by atoms with Crippen molar-refractivity contribution < 1.29 is 19.8 Å². The third-order valence-corrected chi connectivity index (χ3v) is 5.09. The Hall–Kier alpha value is -3.34. The molecule has 2 N–H and O–H groups in total. The molecule has 0 aromatic heterocycles. The number of nitrogens with zero attached hydrogens (tertiary/aromatic N) is 1. The summed E-state index contributed by atoms with van der Waals surface area (Å²) in [7, 11) is 0. The summed E-state index contributed by atoms with van der Waals surface area (Å²) in [5, 5.41) is 20.9. The summed E-state index contributed by atoms with van der Waals surface area (Å²) >= 11 is 0. The Morgan fingerprint density at radius 3 is 2.33 bits per heavy atom. The van der Waals surface area contributed by atoms with Crippen LogP contribution < -0.4 is 0 Å². The molecule has 0 spiro atoms. The molecular formula is C22H19NO4. The lowest BCUT2D eigenvalue weighted by atomic mass is 10.00. The molecule has 27 heavy (non-hydrogen) atoms. The van der Waals surface area contributed by atoms with E-state index in [2.05, 4.69) is 0 Å². The molecule has 3 aromatic rings. The molecule has 1 heterocycles. The Kier molecular flexibility index (Phi) is 4.28. The Morgan fingerprint density at radius 1 is 0.889 bits per heavy atom. The SMILES string of the molecule is O=C(O)C1CCCN1C(=O)c1ccc(-c2ccc3ccc(O)cc3c2)cc1. The maximum absolute atomic E-state index is 12.7. The van der Waals surface area contributed by atoms with E-state index in [1.54, 1.807) is 24.3 Å². The minimum atomic E-state index is -0.947. The zero-order valence-electron chi connectivity index (χ0n) is 14.6. The van der Waals surface area contributed by atoms with Crippen molar-refractivity contribution in [2.45, 2.75) is 18.9 Å². The lowest BCUT2D eigenvalue weighted by Gasteiger charge is -2.21. The topological polar surface area (TPSA) is 77.8 Å². The normalized spacial score (nSPS) is 16.6. The summed E-state index contributed by atoms with van der Waals surface area (Å²) in [4.78, 5) is 25.4. The monoisotopic (exact) mass is 361 g/mol. The van der Waals surface area contributed by atoms with Crippen LogP contribution in [0.3, 0.4) is 0 Å². The minimum Gasteiger partial charge on any atom is -0.508 e. The minimum absolute atomic E-state index is 0.221. The van der Waals surface area contributed by atoms with E-state index in [1.165, 1.54) is 4.90 Å². The maximum Gasteiger partial charge on any atom is 0.326 e. The van der Waals surface area contributed by atoms with Gasteiger partial charge in [-0.3, -0.25) is 4.79 Å². The molecule has 3 aromatic carbocycles. The van der Waals surface area contributed by atoms with Gasteiger partial charge in [-0.1, -0.05) is 30.3 Å². The maximum atomic E-state index is 12.7. The van der Waals surface area contributed by atoms with E-state index < -0.39 is 12.0 Å². The summed E-state index contributed by atoms with van der Waals surface area (Å²) in [5.41, 5.74) is 2.43. The van der Waals surface area contributed by atoms with Gasteiger partial charge in [0.05, 0.1) is 0 Å². The lowest BCUT2D eigenvalue weighted by Crippen LogP contribution is -2.40. The second kappa shape index (κ2) is 6.76. The van der Waals surface area contributed by atoms with Crippen molar-refractivity contribution in [2.75, 3.05) is 6.54 Å². The van der Waals surface area contributed by atoms with Crippen LogP contribution in [0.2, 0.25) is 0 Å². The van der Waals surface area contributed by atoms with Crippen molar-refractivity contribution >= 4 is 22.6 Å². The molecule has 0 saturated carbocycles. The van der Waals surface area contributed by atoms with Crippen LogP contribution in [0.1, 0.15) is 23.2 Å². The zero-order valence-corrected chi connectivity index (χ0v) is 14.6. The summed E-state index contributed by atoms with van der Waals surface area (Å²) < 4.78 is 0. The number of aromatic hydroxyl groups is 1. The number of aliphatic carboxylic acids is 1. The smallest absolute Gasteiger partial charge is 0.326 e. The highest BCUT2D eigenvalue weighted by atomic mass is 16.4. The summed E-state index contributed by atoms with van der Waals surface area (Å²) in [6, 6.07) is 17.7. The first-order valence-electron chi connectivity index (χ1n) is 8.90. The average Bonchev–Trinajstić information content (AvgIpc) is 3.17. The standard InChI is InChI=1S/C22H19NO4/c24-19-10-9-15-5-8-17(12-18(15)13-19)14-3-6-16(7-4-14)21(25)23-11-1-2-20(23)22(26)27/h3-10,12-13,20,24H,1-2,11H2,(H,26,27). The van der Waals surface area contributed by atoms with Crippen LogP contribution in [0.4, 0.5) is 0 Å². The Labute approximate surface area is 156 Å². The van der Waals surface area contributed by atoms with Crippen LogP contribution in [0.5, 0.6) is 5.75 Å². The molecule has 1 aliphatic heterocycles. The first-order valence-corrected chi connectivity index (χ1v) is 8.90. The van der Waals surface area contributed by atoms with E-state index in [4.69, 9.17) is 0 Å². The second-order valence-corrected chi connectivity index (χ2v) is 6.82. The van der Waals surface area contributed by atoms with Gasteiger partial charge in [-0.05, 0) is 65.1 Å². The number of carbonyl (C=O) groups excluding carboxylic acids is 1. The molecule has 5 heteroatoms. The number of carboxylic acid groups (broad SMARTS) is 1. The lowest BCUT2D eigenvalue weighted by molar-refractivity contribution is -0.141. The van der Waals surface area contributed by atoms with Crippen molar-refractivity contribution in [1.29, 1.82) is 0 Å². The molecular weight excluding hydrogens is 342 g/mol. The Balaban J connectivity index is 1.60. The Morgan fingerprint density at radius 2 is 1.59 bits per heavy atom. The van der Waals surface area contributed by atoms with Gasteiger partial charge in [-0.2, -0.15) is 0 Å². The summed E-state index contributed by atoms with van der Waals surface area (Å²) in [6.45, 7) is 0.478. The molecule has 4 rings (SSSR count). The van der Waals surface area contributed by atoms with E-state index in [9.17, 15) is 19.8 Å². The van der Waals surface area contributed by atoms with E-state index in [-0.39, 0.29) is 11.7 Å². The molecule has 1 fully saturated rings. The molecule has 1 amide bonds. The van der Waals surface area contributed by atoms with Gasteiger partial charge in [-0.25, -0.2) is 4.79 Å². The molecule has 1 saturated heterocycles. The number of carbonyl (C=O) groups is 2. The van der Waals surface area contributed by atoms with Gasteiger partial charge in [0.15, 0.2) is 0 Å². The van der Waals surface area contributed by atoms with Crippen molar-refractivity contribution in [3.05, 3.63) is 66.2 Å². The van der Waals surface area contributed by atoms with Crippen molar-refractivity contribution in [3.8, 4) is 16.9 Å². The predicted octanol–water partition coefficient (Wildman–Crippen LogP) is 3.90. The van der Waals surface area contributed by atoms with Crippen molar-refractivity contribution in [3.63, 3.8) is 0 Å². The van der Waals surface area contributed by atoms with Gasteiger partial charge in [0.2, 0.25) is 0 Å². The van der Waals surface area contributed by atoms with Gasteiger partial charge in [0.25, 0.3) is 5.91 Å². The van der Waals surface area contributed by atoms with Crippen LogP contribution in [0.15, 0.2) is 60.7 Å². The fourth-order valence-electron chi connectivity index (χ4n) is 3.65. The number of rotatable bonds is 3. The van der Waals surface area contributed by atoms with Crippen LogP contribution in [-0.2, 0) is 4.79 Å². The molecule has 1 aliphatic rings. The van der Waals surface area contributed by atoms with Gasteiger partial charge in [0, 0.05) is 12.1 Å². The average molecular weight is 361 g/mol. The number of amides is 1. The van der Waals surface area contributed by atoms with E-state index in [0.717, 1.165) is 21.9 Å². The number of benzene rings is 3. The molecule has 0 radical (unpaired) electrons. The number of hydrogen-bond acceptors (Lipinski definition) is 3. The van der Waals surface area contributed by atoms with Gasteiger partial charge < -0.3 is 15.1 Å². The first kappa shape index (κ1) is 17.1. The quantitative estimate of drug-likeness (QED) is 0.742. The van der Waals surface area contributed by atoms with Gasteiger partial charge in [0.1, 0.15) is 11.8 Å². The number of phenols is 1. The third kappa shape index (κ3) is 3.24. The van der Waals surface area contributed by atoms with Crippen LogP contribution >= 0.6 is 0 Å². The number of phenolic OH excluding ortho intramolecular Hbond substituents is 1. The molecule has 136 valence electrons. The molecule has 5 nitrogen and oxygen atoms in total. The van der Waals surface area contributed by atoms with Crippen molar-refractivity contribution in [1.82, 2.24) is 4.90 Å².